The van der Waals surface area contributed by atoms with Gasteiger partial charge < -0.3 is 15.7 Å². The van der Waals surface area contributed by atoms with E-state index in [0.29, 0.717) is 30.6 Å². The highest BCUT2D eigenvalue weighted by Gasteiger charge is 2.28. The van der Waals surface area contributed by atoms with Crippen LogP contribution in [0, 0.1) is 0 Å². The Hall–Kier alpha value is -1.88. The summed E-state index contributed by atoms with van der Waals surface area (Å²) in [5.74, 6) is -0.342. The molecule has 0 saturated carbocycles. The molecule has 0 atom stereocenters. The maximum Gasteiger partial charge on any atom is 0.251 e. The lowest BCUT2D eigenvalue weighted by molar-refractivity contribution is -0.121. The summed E-state index contributed by atoms with van der Waals surface area (Å²) in [5, 5.41) is 16.0. The van der Waals surface area contributed by atoms with E-state index in [-0.39, 0.29) is 18.2 Å². The molecule has 0 unspecified atom stereocenters. The molecule has 0 radical (unpaired) electrons. The third-order valence-corrected chi connectivity index (χ3v) is 3.69. The van der Waals surface area contributed by atoms with E-state index in [1.807, 2.05) is 20.8 Å². The SMILES string of the molecule is CCCC(O)(CCC)CC(=O)Nc1ccc(C(=O)NCC)cc1. The van der Waals surface area contributed by atoms with Crippen molar-refractivity contribution in [3.05, 3.63) is 29.8 Å². The molecular weight excluding hydrogens is 292 g/mol. The van der Waals surface area contributed by atoms with Gasteiger partial charge in [-0.05, 0) is 44.0 Å². The van der Waals surface area contributed by atoms with Gasteiger partial charge >= 0.3 is 0 Å². The Kier molecular flexibility index (Phi) is 7.75. The van der Waals surface area contributed by atoms with Gasteiger partial charge in [0, 0.05) is 17.8 Å². The van der Waals surface area contributed by atoms with E-state index in [0.717, 1.165) is 12.8 Å². The molecule has 0 fully saturated rings. The monoisotopic (exact) mass is 320 g/mol. The average molecular weight is 320 g/mol. The number of carbonyl (C=O) groups excluding carboxylic acids is 2. The first-order chi connectivity index (χ1) is 10.9. The highest BCUT2D eigenvalue weighted by molar-refractivity contribution is 5.95. The lowest BCUT2D eigenvalue weighted by atomic mass is 9.89. The van der Waals surface area contributed by atoms with Gasteiger partial charge in [0.05, 0.1) is 12.0 Å². The second kappa shape index (κ2) is 9.30. The number of benzene rings is 1. The molecule has 0 bridgehead atoms. The van der Waals surface area contributed by atoms with Crippen LogP contribution in [0.25, 0.3) is 0 Å². The van der Waals surface area contributed by atoms with Crippen LogP contribution in [0.1, 0.15) is 63.2 Å². The highest BCUT2D eigenvalue weighted by atomic mass is 16.3. The molecular formula is C18H28N2O3. The van der Waals surface area contributed by atoms with Crippen molar-refractivity contribution in [2.45, 2.75) is 58.5 Å². The Morgan fingerprint density at radius 3 is 2.09 bits per heavy atom. The zero-order valence-corrected chi connectivity index (χ0v) is 14.3. The molecule has 3 N–H and O–H groups in total. The van der Waals surface area contributed by atoms with Crippen molar-refractivity contribution in [2.75, 3.05) is 11.9 Å². The second-order valence-corrected chi connectivity index (χ2v) is 5.89. The highest BCUT2D eigenvalue weighted by Crippen LogP contribution is 2.24. The van der Waals surface area contributed by atoms with Crippen LogP contribution in [-0.2, 0) is 4.79 Å². The fourth-order valence-electron chi connectivity index (χ4n) is 2.70. The minimum Gasteiger partial charge on any atom is -0.389 e. The van der Waals surface area contributed by atoms with E-state index >= 15 is 0 Å². The zero-order chi connectivity index (χ0) is 17.3. The smallest absolute Gasteiger partial charge is 0.251 e. The van der Waals surface area contributed by atoms with Gasteiger partial charge in [0.15, 0.2) is 0 Å². The summed E-state index contributed by atoms with van der Waals surface area (Å²) in [7, 11) is 0. The third kappa shape index (κ3) is 6.40. The van der Waals surface area contributed by atoms with Gasteiger partial charge in [0.2, 0.25) is 5.91 Å². The number of amides is 2. The minimum atomic E-state index is -0.936. The molecule has 0 aromatic heterocycles. The standard InChI is InChI=1S/C18H28N2O3/c1-4-11-18(23,12-5-2)13-16(21)20-15-9-7-14(8-10-15)17(22)19-6-3/h7-10,23H,4-6,11-13H2,1-3H3,(H,19,22)(H,20,21). The van der Waals surface area contributed by atoms with Gasteiger partial charge in [-0.3, -0.25) is 9.59 Å². The number of hydrogen-bond donors (Lipinski definition) is 3. The molecule has 0 aliphatic rings. The van der Waals surface area contributed by atoms with Gasteiger partial charge in [-0.25, -0.2) is 0 Å². The Bertz CT molecular complexity index is 506. The third-order valence-electron chi connectivity index (χ3n) is 3.69. The van der Waals surface area contributed by atoms with E-state index in [1.165, 1.54) is 0 Å². The van der Waals surface area contributed by atoms with Crippen molar-refractivity contribution in [3.8, 4) is 0 Å². The fourth-order valence-corrected chi connectivity index (χ4v) is 2.70. The molecule has 0 aliphatic heterocycles. The number of rotatable bonds is 9. The van der Waals surface area contributed by atoms with Crippen LogP contribution in [0.5, 0.6) is 0 Å². The summed E-state index contributed by atoms with van der Waals surface area (Å²) in [4.78, 5) is 23.8. The molecule has 2 amide bonds. The maximum atomic E-state index is 12.1. The molecule has 128 valence electrons. The topological polar surface area (TPSA) is 78.4 Å². The predicted octanol–water partition coefficient (Wildman–Crippen LogP) is 3.10. The molecule has 5 heteroatoms. The van der Waals surface area contributed by atoms with E-state index < -0.39 is 5.60 Å². The van der Waals surface area contributed by atoms with Crippen molar-refractivity contribution < 1.29 is 14.7 Å². The first-order valence-corrected chi connectivity index (χ1v) is 8.34. The Morgan fingerprint density at radius 2 is 1.61 bits per heavy atom. The van der Waals surface area contributed by atoms with Crippen LogP contribution in [0.15, 0.2) is 24.3 Å². The quantitative estimate of drug-likeness (QED) is 0.654. The summed E-state index contributed by atoms with van der Waals surface area (Å²) in [6.07, 6.45) is 3.00. The predicted molar refractivity (Wildman–Crippen MR) is 92.5 cm³/mol. The number of carbonyl (C=O) groups is 2. The number of aliphatic hydroxyl groups is 1. The lowest BCUT2D eigenvalue weighted by Gasteiger charge is -2.26. The first kappa shape index (κ1) is 19.2. The molecule has 0 aliphatic carbocycles. The van der Waals surface area contributed by atoms with E-state index in [4.69, 9.17) is 0 Å². The molecule has 5 nitrogen and oxygen atoms in total. The molecule has 0 spiro atoms. The summed E-state index contributed by atoms with van der Waals surface area (Å²) < 4.78 is 0. The molecule has 0 heterocycles. The molecule has 1 rings (SSSR count). The van der Waals surface area contributed by atoms with E-state index in [1.54, 1.807) is 24.3 Å². The molecule has 1 aromatic rings. The first-order valence-electron chi connectivity index (χ1n) is 8.34. The largest absolute Gasteiger partial charge is 0.389 e. The maximum absolute atomic E-state index is 12.1. The minimum absolute atomic E-state index is 0.0900. The van der Waals surface area contributed by atoms with Gasteiger partial charge in [-0.1, -0.05) is 26.7 Å². The normalized spacial score (nSPS) is 11.1. The summed E-state index contributed by atoms with van der Waals surface area (Å²) in [6.45, 7) is 6.43. The second-order valence-electron chi connectivity index (χ2n) is 5.89. The van der Waals surface area contributed by atoms with Crippen molar-refractivity contribution in [3.63, 3.8) is 0 Å². The Morgan fingerprint density at radius 1 is 1.04 bits per heavy atom. The van der Waals surface area contributed by atoms with Crippen LogP contribution < -0.4 is 10.6 Å². The lowest BCUT2D eigenvalue weighted by Crippen LogP contribution is -2.33. The van der Waals surface area contributed by atoms with E-state index in [2.05, 4.69) is 10.6 Å². The summed E-state index contributed by atoms with van der Waals surface area (Å²) >= 11 is 0. The van der Waals surface area contributed by atoms with Gasteiger partial charge in [0.1, 0.15) is 0 Å². The number of hydrogen-bond acceptors (Lipinski definition) is 3. The van der Waals surface area contributed by atoms with Crippen molar-refractivity contribution in [2.24, 2.45) is 0 Å². The van der Waals surface area contributed by atoms with Crippen LogP contribution in [-0.4, -0.2) is 29.1 Å². The number of anilines is 1. The van der Waals surface area contributed by atoms with E-state index in [9.17, 15) is 14.7 Å². The average Bonchev–Trinajstić information content (AvgIpc) is 2.48. The summed E-state index contributed by atoms with van der Waals surface area (Å²) in [5.41, 5.74) is 0.242. The molecule has 23 heavy (non-hydrogen) atoms. The van der Waals surface area contributed by atoms with Crippen LogP contribution in [0.2, 0.25) is 0 Å². The van der Waals surface area contributed by atoms with Crippen molar-refractivity contribution in [1.29, 1.82) is 0 Å². The molecule has 1 aromatic carbocycles. The molecule has 0 saturated heterocycles. The Balaban J connectivity index is 2.64. The van der Waals surface area contributed by atoms with Gasteiger partial charge in [-0.2, -0.15) is 0 Å². The van der Waals surface area contributed by atoms with Crippen LogP contribution >= 0.6 is 0 Å². The summed E-state index contributed by atoms with van der Waals surface area (Å²) in [6, 6.07) is 6.73. The van der Waals surface area contributed by atoms with Gasteiger partial charge in [-0.15, -0.1) is 0 Å². The van der Waals surface area contributed by atoms with Crippen LogP contribution in [0.3, 0.4) is 0 Å². The fraction of sp³-hybridized carbons (Fsp3) is 0.556. The van der Waals surface area contributed by atoms with Crippen molar-refractivity contribution >= 4 is 17.5 Å². The van der Waals surface area contributed by atoms with Crippen LogP contribution in [0.4, 0.5) is 5.69 Å². The Labute approximate surface area is 138 Å². The van der Waals surface area contributed by atoms with Crippen molar-refractivity contribution in [1.82, 2.24) is 5.32 Å². The zero-order valence-electron chi connectivity index (χ0n) is 14.3. The van der Waals surface area contributed by atoms with Gasteiger partial charge in [0.25, 0.3) is 5.91 Å². The number of nitrogens with one attached hydrogen (secondary N) is 2.